The normalized spacial score (nSPS) is 21.4. The molecule has 0 heterocycles. The number of hydrogen-bond donors (Lipinski definition) is 1. The maximum Gasteiger partial charge on any atom is 0.131 e. The Kier molecular flexibility index (Phi) is 4.39. The Hall–Kier alpha value is -1.47. The fourth-order valence-electron chi connectivity index (χ4n) is 2.93. The molecule has 2 rings (SSSR count). The van der Waals surface area contributed by atoms with Crippen molar-refractivity contribution in [2.24, 2.45) is 5.41 Å². The van der Waals surface area contributed by atoms with Crippen LogP contribution in [0, 0.1) is 28.4 Å². The van der Waals surface area contributed by atoms with Crippen molar-refractivity contribution >= 4 is 0 Å². The Balaban J connectivity index is 2.10. The molecule has 1 unspecified atom stereocenters. The van der Waals surface area contributed by atoms with Gasteiger partial charge in [-0.2, -0.15) is 5.26 Å². The van der Waals surface area contributed by atoms with Crippen LogP contribution < -0.4 is 5.32 Å². The summed E-state index contributed by atoms with van der Waals surface area (Å²) in [6.45, 7) is 4.54. The van der Waals surface area contributed by atoms with Crippen LogP contribution in [0.15, 0.2) is 12.1 Å². The van der Waals surface area contributed by atoms with Crippen LogP contribution in [0.3, 0.4) is 0 Å². The van der Waals surface area contributed by atoms with Crippen molar-refractivity contribution in [1.29, 1.82) is 5.26 Å². The standard InChI is InChI=1S/C16H20F2N2/c1-16(2)6-4-3-5-15(16)20-10-12-13(17)7-11(9-19)8-14(12)18/h7-8,15,20H,3-6,10H2,1-2H3. The zero-order chi connectivity index (χ0) is 14.8. The number of benzene rings is 1. The van der Waals surface area contributed by atoms with E-state index in [1.807, 2.05) is 0 Å². The zero-order valence-electron chi connectivity index (χ0n) is 12.0. The van der Waals surface area contributed by atoms with Gasteiger partial charge in [0.05, 0.1) is 11.6 Å². The minimum atomic E-state index is -0.650. The molecule has 20 heavy (non-hydrogen) atoms. The summed E-state index contributed by atoms with van der Waals surface area (Å²) in [6, 6.07) is 4.20. The Morgan fingerprint density at radius 1 is 1.30 bits per heavy atom. The van der Waals surface area contributed by atoms with Gasteiger partial charge in [-0.05, 0) is 30.4 Å². The highest BCUT2D eigenvalue weighted by Gasteiger charge is 2.31. The molecule has 1 aliphatic carbocycles. The number of nitrogens with zero attached hydrogens (tertiary/aromatic N) is 1. The topological polar surface area (TPSA) is 35.8 Å². The van der Waals surface area contributed by atoms with Gasteiger partial charge in [0.15, 0.2) is 0 Å². The molecular weight excluding hydrogens is 258 g/mol. The fourth-order valence-corrected chi connectivity index (χ4v) is 2.93. The van der Waals surface area contributed by atoms with Gasteiger partial charge in [0.25, 0.3) is 0 Å². The molecule has 0 amide bonds. The van der Waals surface area contributed by atoms with Gasteiger partial charge in [0.1, 0.15) is 11.6 Å². The smallest absolute Gasteiger partial charge is 0.131 e. The maximum absolute atomic E-state index is 13.8. The lowest BCUT2D eigenvalue weighted by Gasteiger charge is -2.39. The van der Waals surface area contributed by atoms with Gasteiger partial charge in [-0.15, -0.1) is 0 Å². The molecule has 1 aromatic rings. The van der Waals surface area contributed by atoms with Crippen LogP contribution in [-0.2, 0) is 6.54 Å². The van der Waals surface area contributed by atoms with E-state index < -0.39 is 11.6 Å². The fraction of sp³-hybridized carbons (Fsp3) is 0.562. The molecule has 1 aliphatic rings. The van der Waals surface area contributed by atoms with Crippen LogP contribution in [0.5, 0.6) is 0 Å². The van der Waals surface area contributed by atoms with Crippen LogP contribution in [0.2, 0.25) is 0 Å². The summed E-state index contributed by atoms with van der Waals surface area (Å²) in [4.78, 5) is 0. The van der Waals surface area contributed by atoms with E-state index in [1.165, 1.54) is 6.42 Å². The van der Waals surface area contributed by atoms with E-state index in [2.05, 4.69) is 19.2 Å². The second-order valence-corrected chi connectivity index (χ2v) is 6.20. The van der Waals surface area contributed by atoms with Gasteiger partial charge < -0.3 is 5.32 Å². The summed E-state index contributed by atoms with van der Waals surface area (Å²) < 4.78 is 27.6. The predicted octanol–water partition coefficient (Wildman–Crippen LogP) is 3.89. The maximum atomic E-state index is 13.8. The van der Waals surface area contributed by atoms with E-state index in [0.29, 0.717) is 0 Å². The van der Waals surface area contributed by atoms with Gasteiger partial charge in [-0.25, -0.2) is 8.78 Å². The summed E-state index contributed by atoms with van der Waals surface area (Å²) in [5, 5.41) is 12.0. The first kappa shape index (κ1) is 14.9. The van der Waals surface area contributed by atoms with Gasteiger partial charge in [-0.1, -0.05) is 26.7 Å². The van der Waals surface area contributed by atoms with Gasteiger partial charge in [-0.3, -0.25) is 0 Å². The monoisotopic (exact) mass is 278 g/mol. The van der Waals surface area contributed by atoms with Crippen molar-refractivity contribution in [3.8, 4) is 6.07 Å². The summed E-state index contributed by atoms with van der Waals surface area (Å²) in [5.41, 5.74) is 0.185. The molecule has 0 radical (unpaired) electrons. The van der Waals surface area contributed by atoms with Gasteiger partial charge in [0.2, 0.25) is 0 Å². The molecule has 0 spiro atoms. The van der Waals surface area contributed by atoms with E-state index in [9.17, 15) is 8.78 Å². The number of nitriles is 1. The van der Waals surface area contributed by atoms with E-state index in [4.69, 9.17) is 5.26 Å². The Morgan fingerprint density at radius 2 is 1.95 bits per heavy atom. The minimum Gasteiger partial charge on any atom is -0.309 e. The highest BCUT2D eigenvalue weighted by molar-refractivity contribution is 5.34. The van der Waals surface area contributed by atoms with Crippen molar-refractivity contribution in [1.82, 2.24) is 5.32 Å². The van der Waals surface area contributed by atoms with Crippen LogP contribution >= 0.6 is 0 Å². The summed E-state index contributed by atoms with van der Waals surface area (Å²) in [6.07, 6.45) is 4.53. The van der Waals surface area contributed by atoms with Crippen molar-refractivity contribution in [3.63, 3.8) is 0 Å². The van der Waals surface area contributed by atoms with E-state index in [-0.39, 0.29) is 29.1 Å². The average Bonchev–Trinajstić information content (AvgIpc) is 2.38. The molecule has 2 nitrogen and oxygen atoms in total. The molecule has 0 aliphatic heterocycles. The molecule has 0 saturated heterocycles. The lowest BCUT2D eigenvalue weighted by molar-refractivity contribution is 0.166. The molecule has 0 aromatic heterocycles. The zero-order valence-corrected chi connectivity index (χ0v) is 12.0. The lowest BCUT2D eigenvalue weighted by Crippen LogP contribution is -2.43. The third-order valence-corrected chi connectivity index (χ3v) is 4.30. The number of hydrogen-bond acceptors (Lipinski definition) is 2. The van der Waals surface area contributed by atoms with Crippen LogP contribution in [0.4, 0.5) is 8.78 Å². The first-order valence-corrected chi connectivity index (χ1v) is 7.05. The molecule has 1 saturated carbocycles. The van der Waals surface area contributed by atoms with Crippen LogP contribution in [0.25, 0.3) is 0 Å². The summed E-state index contributed by atoms with van der Waals surface area (Å²) in [5.74, 6) is -1.30. The van der Waals surface area contributed by atoms with Gasteiger partial charge in [0, 0.05) is 18.2 Å². The second kappa shape index (κ2) is 5.88. The number of halogens is 2. The van der Waals surface area contributed by atoms with Crippen LogP contribution in [-0.4, -0.2) is 6.04 Å². The minimum absolute atomic E-state index is 0.0155. The molecule has 0 bridgehead atoms. The third-order valence-electron chi connectivity index (χ3n) is 4.30. The van der Waals surface area contributed by atoms with Crippen molar-refractivity contribution < 1.29 is 8.78 Å². The van der Waals surface area contributed by atoms with E-state index >= 15 is 0 Å². The van der Waals surface area contributed by atoms with Gasteiger partial charge >= 0.3 is 0 Å². The molecule has 4 heteroatoms. The average molecular weight is 278 g/mol. The van der Waals surface area contributed by atoms with Crippen molar-refractivity contribution in [3.05, 3.63) is 34.9 Å². The number of rotatable bonds is 3. The molecule has 1 N–H and O–H groups in total. The highest BCUT2D eigenvalue weighted by Crippen LogP contribution is 2.35. The van der Waals surface area contributed by atoms with Crippen molar-refractivity contribution in [2.75, 3.05) is 0 Å². The molecule has 1 aromatic carbocycles. The Morgan fingerprint density at radius 3 is 2.50 bits per heavy atom. The first-order valence-electron chi connectivity index (χ1n) is 7.05. The predicted molar refractivity (Wildman–Crippen MR) is 73.9 cm³/mol. The van der Waals surface area contributed by atoms with E-state index in [0.717, 1.165) is 31.4 Å². The molecular formula is C16H20F2N2. The molecule has 1 atom stereocenters. The Labute approximate surface area is 118 Å². The van der Waals surface area contributed by atoms with Crippen LogP contribution in [0.1, 0.15) is 50.7 Å². The summed E-state index contributed by atoms with van der Waals surface area (Å²) in [7, 11) is 0. The SMILES string of the molecule is CC1(C)CCCCC1NCc1c(F)cc(C#N)cc1F. The first-order chi connectivity index (χ1) is 9.44. The molecule has 1 fully saturated rings. The number of nitrogens with one attached hydrogen (secondary N) is 1. The lowest BCUT2D eigenvalue weighted by atomic mass is 9.73. The molecule has 108 valence electrons. The largest absolute Gasteiger partial charge is 0.309 e. The summed E-state index contributed by atoms with van der Waals surface area (Å²) >= 11 is 0. The van der Waals surface area contributed by atoms with Crippen molar-refractivity contribution in [2.45, 2.75) is 52.1 Å². The quantitative estimate of drug-likeness (QED) is 0.910. The second-order valence-electron chi connectivity index (χ2n) is 6.20. The third kappa shape index (κ3) is 3.16. The van der Waals surface area contributed by atoms with E-state index in [1.54, 1.807) is 6.07 Å². The Bertz CT molecular complexity index is 509. The highest BCUT2D eigenvalue weighted by atomic mass is 19.1.